The van der Waals surface area contributed by atoms with Gasteiger partial charge in [0.15, 0.2) is 11.9 Å². The van der Waals surface area contributed by atoms with Gasteiger partial charge in [0.05, 0.1) is 18.4 Å². The van der Waals surface area contributed by atoms with E-state index in [1.807, 2.05) is 30.3 Å². The van der Waals surface area contributed by atoms with Crippen molar-refractivity contribution in [2.75, 3.05) is 19.6 Å². The Kier molecular flexibility index (Phi) is 15.6. The normalized spacial score (nSPS) is 16.3. The van der Waals surface area contributed by atoms with E-state index in [-0.39, 0.29) is 57.2 Å². The largest absolute Gasteiger partial charge is 0.370 e. The number of H-pyrrole nitrogens is 1. The minimum Gasteiger partial charge on any atom is -0.370 e. The summed E-state index contributed by atoms with van der Waals surface area (Å²) >= 11 is 0. The summed E-state index contributed by atoms with van der Waals surface area (Å²) in [5, 5.41) is 8.27. The number of hydrogen-bond donors (Lipinski definition) is 9. The minimum atomic E-state index is -1.06. The highest BCUT2D eigenvalue weighted by molar-refractivity contribution is 5.95. The molecule has 5 atom stereocenters. The zero-order chi connectivity index (χ0) is 36.5. The quantitative estimate of drug-likeness (QED) is 0.0296. The first-order valence-corrected chi connectivity index (χ1v) is 16.5. The number of nitrogens with one attached hydrogen (secondary N) is 4. The molecule has 1 aliphatic heterocycles. The number of aromatic nitrogens is 2. The van der Waals surface area contributed by atoms with Crippen molar-refractivity contribution < 1.29 is 24.0 Å². The number of benzene rings is 1. The fourth-order valence-corrected chi connectivity index (χ4v) is 5.57. The smallest absolute Gasteiger partial charge is 0.245 e. The first-order valence-electron chi connectivity index (χ1n) is 16.5. The molecule has 2 aromatic rings. The third-order valence-electron chi connectivity index (χ3n) is 8.11. The summed E-state index contributed by atoms with van der Waals surface area (Å²) < 4.78 is 0. The average molecular weight is 696 g/mol. The number of likely N-dealkylation sites (tertiary alicyclic amines) is 1. The standard InChI is InChI=1S/C32H49N13O5/c33-23(9-4-12-39-31(34)35)27(47)43-24(10-5-13-40-32(36)37)30(50)45-14-6-11-26(45)29(49)44-25(15-20-7-2-1-3-8-20)28(48)42-22(18-46)16-21-17-38-19-41-21/h1-3,7-8,17-19,22-26H,4-6,9-16,33H2,(H,38,41)(H,42,48)(H,43,47)(H,44,49)(H4,34,35,39)(H4,36,37,40)/t22-,23-,24-,25-,26-/m0/s1. The van der Waals surface area contributed by atoms with Crippen molar-refractivity contribution in [3.8, 4) is 0 Å². The van der Waals surface area contributed by atoms with Crippen molar-refractivity contribution in [3.05, 3.63) is 54.1 Å². The van der Waals surface area contributed by atoms with Crippen LogP contribution in [0.5, 0.6) is 0 Å². The summed E-state index contributed by atoms with van der Waals surface area (Å²) in [6.07, 6.45) is 6.07. The molecule has 272 valence electrons. The maximum absolute atomic E-state index is 14.0. The van der Waals surface area contributed by atoms with Gasteiger partial charge in [0.1, 0.15) is 24.4 Å². The van der Waals surface area contributed by atoms with Crippen LogP contribution in [0.4, 0.5) is 0 Å². The molecule has 2 heterocycles. The summed E-state index contributed by atoms with van der Waals surface area (Å²) in [6, 6.07) is 4.30. The monoisotopic (exact) mass is 695 g/mol. The zero-order valence-corrected chi connectivity index (χ0v) is 28.0. The Morgan fingerprint density at radius 3 is 2.22 bits per heavy atom. The molecule has 0 radical (unpaired) electrons. The van der Waals surface area contributed by atoms with E-state index in [2.05, 4.69) is 35.9 Å². The Balaban J connectivity index is 1.74. The van der Waals surface area contributed by atoms with Crippen LogP contribution < -0.4 is 44.6 Å². The van der Waals surface area contributed by atoms with Gasteiger partial charge in [0.25, 0.3) is 0 Å². The molecule has 1 aliphatic rings. The van der Waals surface area contributed by atoms with Crippen molar-refractivity contribution in [1.82, 2.24) is 30.8 Å². The number of imidazole rings is 1. The van der Waals surface area contributed by atoms with E-state index >= 15 is 0 Å². The van der Waals surface area contributed by atoms with Crippen LogP contribution in [0, 0.1) is 0 Å². The highest BCUT2D eigenvalue weighted by Crippen LogP contribution is 2.20. The molecule has 0 bridgehead atoms. The molecule has 4 amide bonds. The Hall–Kier alpha value is -5.52. The van der Waals surface area contributed by atoms with Crippen molar-refractivity contribution in [2.45, 2.75) is 81.6 Å². The molecule has 3 rings (SSSR count). The molecule has 18 nitrogen and oxygen atoms in total. The molecular formula is C32H49N13O5. The molecule has 0 spiro atoms. The molecule has 1 fully saturated rings. The lowest BCUT2D eigenvalue weighted by atomic mass is 10.0. The van der Waals surface area contributed by atoms with Gasteiger partial charge in [-0.05, 0) is 44.1 Å². The van der Waals surface area contributed by atoms with Gasteiger partial charge in [0, 0.05) is 44.4 Å². The van der Waals surface area contributed by atoms with E-state index in [0.29, 0.717) is 37.7 Å². The summed E-state index contributed by atoms with van der Waals surface area (Å²) in [6.45, 7) is 0.766. The predicted molar refractivity (Wildman–Crippen MR) is 187 cm³/mol. The van der Waals surface area contributed by atoms with Crippen LogP contribution in [0.1, 0.15) is 49.8 Å². The van der Waals surface area contributed by atoms with E-state index in [1.165, 1.54) is 11.2 Å². The predicted octanol–water partition coefficient (Wildman–Crippen LogP) is -2.73. The average Bonchev–Trinajstić information content (AvgIpc) is 3.80. The molecule has 14 N–H and O–H groups in total. The Morgan fingerprint density at radius 2 is 1.60 bits per heavy atom. The number of guanidine groups is 2. The van der Waals surface area contributed by atoms with Crippen LogP contribution in [0.25, 0.3) is 0 Å². The van der Waals surface area contributed by atoms with Gasteiger partial charge < -0.3 is 59.3 Å². The van der Waals surface area contributed by atoms with Crippen LogP contribution in [0.15, 0.2) is 52.8 Å². The molecule has 1 saturated heterocycles. The number of amides is 4. The van der Waals surface area contributed by atoms with Crippen molar-refractivity contribution in [1.29, 1.82) is 0 Å². The van der Waals surface area contributed by atoms with Crippen molar-refractivity contribution in [2.24, 2.45) is 38.7 Å². The molecule has 18 heteroatoms. The lowest BCUT2D eigenvalue weighted by molar-refractivity contribution is -0.142. The third kappa shape index (κ3) is 12.8. The molecule has 0 saturated carbocycles. The number of aromatic amines is 1. The Labute approximate surface area is 290 Å². The zero-order valence-electron chi connectivity index (χ0n) is 28.0. The highest BCUT2D eigenvalue weighted by atomic mass is 16.2. The summed E-state index contributed by atoms with van der Waals surface area (Å²) in [5.41, 5.74) is 29.1. The number of hydrogen-bond acceptors (Lipinski definition) is 9. The molecule has 0 unspecified atom stereocenters. The van der Waals surface area contributed by atoms with Gasteiger partial charge in [-0.1, -0.05) is 30.3 Å². The number of rotatable bonds is 20. The van der Waals surface area contributed by atoms with Crippen LogP contribution in [-0.2, 0) is 36.8 Å². The van der Waals surface area contributed by atoms with Crippen LogP contribution >= 0.6 is 0 Å². The fraction of sp³-hybridized carbons (Fsp3) is 0.500. The third-order valence-corrected chi connectivity index (χ3v) is 8.11. The maximum atomic E-state index is 14.0. The maximum Gasteiger partial charge on any atom is 0.245 e. The van der Waals surface area contributed by atoms with Crippen molar-refractivity contribution >= 4 is 41.8 Å². The molecule has 1 aromatic carbocycles. The van der Waals surface area contributed by atoms with Crippen LogP contribution in [0.3, 0.4) is 0 Å². The lowest BCUT2D eigenvalue weighted by Gasteiger charge is -2.30. The number of nitrogens with two attached hydrogens (primary N) is 5. The van der Waals surface area contributed by atoms with Gasteiger partial charge in [-0.2, -0.15) is 0 Å². The molecule has 0 aliphatic carbocycles. The summed E-state index contributed by atoms with van der Waals surface area (Å²) in [4.78, 5) is 82.3. The summed E-state index contributed by atoms with van der Waals surface area (Å²) in [7, 11) is 0. The van der Waals surface area contributed by atoms with E-state index < -0.39 is 53.8 Å². The van der Waals surface area contributed by atoms with E-state index in [9.17, 15) is 24.0 Å². The van der Waals surface area contributed by atoms with Gasteiger partial charge in [-0.3, -0.25) is 29.2 Å². The second kappa shape index (κ2) is 20.1. The molecule has 50 heavy (non-hydrogen) atoms. The number of carbonyl (C=O) groups is 5. The Morgan fingerprint density at radius 1 is 0.920 bits per heavy atom. The van der Waals surface area contributed by atoms with Crippen LogP contribution in [0.2, 0.25) is 0 Å². The fourth-order valence-electron chi connectivity index (χ4n) is 5.57. The Bertz CT molecular complexity index is 1460. The first-order chi connectivity index (χ1) is 24.0. The number of aldehydes is 1. The minimum absolute atomic E-state index is 0.0684. The van der Waals surface area contributed by atoms with Gasteiger partial charge in [0.2, 0.25) is 23.6 Å². The number of nitrogens with zero attached hydrogens (tertiary/aromatic N) is 4. The second-order valence-corrected chi connectivity index (χ2v) is 12.0. The topological polar surface area (TPSA) is 308 Å². The second-order valence-electron chi connectivity index (χ2n) is 12.0. The van der Waals surface area contributed by atoms with Crippen molar-refractivity contribution in [3.63, 3.8) is 0 Å². The van der Waals surface area contributed by atoms with Gasteiger partial charge in [-0.15, -0.1) is 0 Å². The SMILES string of the molecule is NC(N)=NCCC[C@H](NC(=O)[C@@H](N)CCCN=C(N)N)C(=O)N1CCC[C@H]1C(=O)N[C@@H](Cc1ccccc1)C(=O)N[C@H](C=O)Cc1cnc[nH]1. The number of aliphatic imine (C=N–C) groups is 2. The van der Waals surface area contributed by atoms with Crippen LogP contribution in [-0.4, -0.2) is 107 Å². The van der Waals surface area contributed by atoms with Gasteiger partial charge in [-0.25, -0.2) is 4.98 Å². The molecular weight excluding hydrogens is 646 g/mol. The van der Waals surface area contributed by atoms with E-state index in [0.717, 1.165) is 5.56 Å². The molecule has 1 aromatic heterocycles. The van der Waals surface area contributed by atoms with E-state index in [1.54, 1.807) is 6.20 Å². The van der Waals surface area contributed by atoms with Gasteiger partial charge >= 0.3 is 0 Å². The number of carbonyl (C=O) groups excluding carboxylic acids is 5. The lowest BCUT2D eigenvalue weighted by Crippen LogP contribution is -2.58. The van der Waals surface area contributed by atoms with E-state index in [4.69, 9.17) is 28.7 Å². The first kappa shape index (κ1) is 38.9. The summed E-state index contributed by atoms with van der Waals surface area (Å²) in [5.74, 6) is -2.29. The highest BCUT2D eigenvalue weighted by Gasteiger charge is 2.39.